The van der Waals surface area contributed by atoms with Crippen LogP contribution in [0.4, 0.5) is 9.18 Å². The maximum atomic E-state index is 13.7. The molecule has 1 saturated heterocycles. The highest BCUT2D eigenvalue weighted by atomic mass is 19.1. The summed E-state index contributed by atoms with van der Waals surface area (Å²) in [5.74, 6) is -1.25. The second-order valence-corrected chi connectivity index (χ2v) is 6.23. The number of nitrogens with one attached hydrogen (secondary N) is 2. The molecular formula is C19H18FN3O4. The number of rotatable bonds is 5. The van der Waals surface area contributed by atoms with Crippen molar-refractivity contribution < 1.29 is 23.5 Å². The third kappa shape index (κ3) is 3.46. The predicted octanol–water partition coefficient (Wildman–Crippen LogP) is 1.88. The first kappa shape index (κ1) is 18.4. The van der Waals surface area contributed by atoms with E-state index in [0.29, 0.717) is 16.3 Å². The highest BCUT2D eigenvalue weighted by Crippen LogP contribution is 2.29. The molecule has 1 aliphatic rings. The van der Waals surface area contributed by atoms with E-state index in [1.165, 1.54) is 32.2 Å². The molecule has 7 nitrogen and oxygen atoms in total. The molecule has 2 aromatic carbocycles. The van der Waals surface area contributed by atoms with Gasteiger partial charge in [-0.25, -0.2) is 9.18 Å². The van der Waals surface area contributed by atoms with Gasteiger partial charge in [0.05, 0.1) is 13.5 Å². The zero-order valence-electron chi connectivity index (χ0n) is 14.8. The van der Waals surface area contributed by atoms with Crippen molar-refractivity contribution in [1.29, 1.82) is 0 Å². The minimum absolute atomic E-state index is 0.167. The molecular weight excluding hydrogens is 353 g/mol. The van der Waals surface area contributed by atoms with Crippen LogP contribution in [0.5, 0.6) is 5.75 Å². The molecule has 2 aromatic rings. The van der Waals surface area contributed by atoms with Gasteiger partial charge in [-0.05, 0) is 36.2 Å². The van der Waals surface area contributed by atoms with Gasteiger partial charge < -0.3 is 10.1 Å². The second-order valence-electron chi connectivity index (χ2n) is 6.23. The first-order valence-corrected chi connectivity index (χ1v) is 8.19. The number of imide groups is 1. The molecule has 0 spiro atoms. The Kier molecular flexibility index (Phi) is 4.81. The van der Waals surface area contributed by atoms with E-state index in [1.807, 2.05) is 0 Å². The van der Waals surface area contributed by atoms with E-state index in [-0.39, 0.29) is 12.0 Å². The number of halogens is 1. The maximum Gasteiger partial charge on any atom is 0.344 e. The quantitative estimate of drug-likeness (QED) is 0.786. The van der Waals surface area contributed by atoms with Crippen molar-refractivity contribution in [3.63, 3.8) is 0 Å². The lowest BCUT2D eigenvalue weighted by Gasteiger charge is -2.22. The molecule has 0 aromatic heterocycles. The van der Waals surface area contributed by atoms with Gasteiger partial charge in [-0.3, -0.25) is 15.0 Å². The average molecular weight is 371 g/mol. The van der Waals surface area contributed by atoms with Gasteiger partial charge >= 0.3 is 6.03 Å². The van der Waals surface area contributed by atoms with Crippen molar-refractivity contribution in [2.45, 2.75) is 18.9 Å². The molecule has 0 bridgehead atoms. The topological polar surface area (TPSA) is 87.7 Å². The Morgan fingerprint density at radius 3 is 2.48 bits per heavy atom. The second kappa shape index (κ2) is 7.06. The van der Waals surface area contributed by atoms with Gasteiger partial charge in [0.15, 0.2) is 0 Å². The van der Waals surface area contributed by atoms with Gasteiger partial charge in [-0.2, -0.15) is 5.01 Å². The molecule has 27 heavy (non-hydrogen) atoms. The number of urea groups is 1. The number of nitrogens with zero attached hydrogens (tertiary/aromatic N) is 1. The largest absolute Gasteiger partial charge is 0.497 e. The molecule has 1 aliphatic heterocycles. The zero-order chi connectivity index (χ0) is 19.6. The summed E-state index contributed by atoms with van der Waals surface area (Å²) in [5.41, 5.74) is 1.61. The van der Waals surface area contributed by atoms with Crippen molar-refractivity contribution in [3.05, 3.63) is 65.5 Å². The molecule has 3 rings (SSSR count). The van der Waals surface area contributed by atoms with Crippen molar-refractivity contribution in [2.24, 2.45) is 0 Å². The van der Waals surface area contributed by atoms with Crippen LogP contribution in [0.25, 0.3) is 0 Å². The number of benzene rings is 2. The Morgan fingerprint density at radius 2 is 1.85 bits per heavy atom. The van der Waals surface area contributed by atoms with E-state index in [2.05, 4.69) is 10.7 Å². The number of hydrogen-bond acceptors (Lipinski definition) is 4. The van der Waals surface area contributed by atoms with Crippen LogP contribution in [0.2, 0.25) is 0 Å². The SMILES string of the molecule is COc1ccc([C@]2(C)NC(=O)N(NC(=O)Cc3ccccc3F)C2=O)cc1. The Morgan fingerprint density at radius 1 is 1.19 bits per heavy atom. The fourth-order valence-corrected chi connectivity index (χ4v) is 2.84. The highest BCUT2D eigenvalue weighted by molar-refractivity contribution is 6.08. The van der Waals surface area contributed by atoms with E-state index in [1.54, 1.807) is 30.3 Å². The van der Waals surface area contributed by atoms with Crippen LogP contribution in [0.15, 0.2) is 48.5 Å². The molecule has 4 amide bonds. The lowest BCUT2D eigenvalue weighted by molar-refractivity contribution is -0.138. The summed E-state index contributed by atoms with van der Waals surface area (Å²) in [6.07, 6.45) is -0.303. The van der Waals surface area contributed by atoms with Crippen LogP contribution in [0, 0.1) is 5.82 Å². The average Bonchev–Trinajstić information content (AvgIpc) is 2.88. The van der Waals surface area contributed by atoms with Crippen LogP contribution in [-0.4, -0.2) is 30.0 Å². The number of ether oxygens (including phenoxy) is 1. The van der Waals surface area contributed by atoms with Gasteiger partial charge in [-0.1, -0.05) is 30.3 Å². The van der Waals surface area contributed by atoms with E-state index >= 15 is 0 Å². The molecule has 0 saturated carbocycles. The summed E-state index contributed by atoms with van der Waals surface area (Å²) >= 11 is 0. The third-order valence-corrected chi connectivity index (χ3v) is 4.40. The van der Waals surface area contributed by atoms with Gasteiger partial charge in [-0.15, -0.1) is 0 Å². The normalized spacial score (nSPS) is 19.0. The molecule has 140 valence electrons. The molecule has 2 N–H and O–H groups in total. The lowest BCUT2D eigenvalue weighted by atomic mass is 9.92. The van der Waals surface area contributed by atoms with Crippen molar-refractivity contribution in [3.8, 4) is 5.75 Å². The van der Waals surface area contributed by atoms with E-state index in [4.69, 9.17) is 4.74 Å². The third-order valence-electron chi connectivity index (χ3n) is 4.40. The van der Waals surface area contributed by atoms with Gasteiger partial charge in [0.1, 0.15) is 17.1 Å². The Hall–Kier alpha value is -3.42. The monoisotopic (exact) mass is 371 g/mol. The number of hydrazine groups is 1. The van der Waals surface area contributed by atoms with Gasteiger partial charge in [0.2, 0.25) is 5.91 Å². The number of hydrogen-bond donors (Lipinski definition) is 2. The molecule has 1 atom stereocenters. The fourth-order valence-electron chi connectivity index (χ4n) is 2.84. The zero-order valence-corrected chi connectivity index (χ0v) is 14.8. The van der Waals surface area contributed by atoms with Crippen LogP contribution in [0.3, 0.4) is 0 Å². The van der Waals surface area contributed by atoms with Gasteiger partial charge in [0, 0.05) is 0 Å². The standard InChI is InChI=1S/C19H18FN3O4/c1-19(13-7-9-14(27-2)10-8-13)17(25)23(18(26)21-19)22-16(24)11-12-5-3-4-6-15(12)20/h3-10H,11H2,1-2H3,(H,21,26)(H,22,24)/t19-/m0/s1. The first-order chi connectivity index (χ1) is 12.8. The maximum absolute atomic E-state index is 13.7. The van der Waals surface area contributed by atoms with Crippen LogP contribution < -0.4 is 15.5 Å². The van der Waals surface area contributed by atoms with Crippen LogP contribution in [0.1, 0.15) is 18.1 Å². The summed E-state index contributed by atoms with van der Waals surface area (Å²) in [5, 5.41) is 3.19. The smallest absolute Gasteiger partial charge is 0.344 e. The summed E-state index contributed by atoms with van der Waals surface area (Å²) in [6.45, 7) is 1.54. The van der Waals surface area contributed by atoms with Crippen molar-refractivity contribution >= 4 is 17.8 Å². The Labute approximate surface area is 155 Å². The minimum Gasteiger partial charge on any atom is -0.497 e. The molecule has 1 heterocycles. The highest BCUT2D eigenvalue weighted by Gasteiger charge is 2.50. The molecule has 1 fully saturated rings. The van der Waals surface area contributed by atoms with Crippen LogP contribution in [-0.2, 0) is 21.5 Å². The number of carbonyl (C=O) groups is 3. The fraction of sp³-hybridized carbons (Fsp3) is 0.211. The van der Waals surface area contributed by atoms with E-state index in [9.17, 15) is 18.8 Å². The van der Waals surface area contributed by atoms with Gasteiger partial charge in [0.25, 0.3) is 5.91 Å². The molecule has 0 radical (unpaired) electrons. The van der Waals surface area contributed by atoms with Crippen molar-refractivity contribution in [2.75, 3.05) is 7.11 Å². The van der Waals surface area contributed by atoms with E-state index < -0.39 is 29.2 Å². The number of carbonyl (C=O) groups excluding carboxylic acids is 3. The summed E-state index contributed by atoms with van der Waals surface area (Å²) in [6, 6.07) is 11.7. The number of methoxy groups -OCH3 is 1. The van der Waals surface area contributed by atoms with Crippen molar-refractivity contribution in [1.82, 2.24) is 15.8 Å². The molecule has 0 unspecified atom stereocenters. The Balaban J connectivity index is 1.75. The predicted molar refractivity (Wildman–Crippen MR) is 94.0 cm³/mol. The Bertz CT molecular complexity index is 900. The molecule has 8 heteroatoms. The summed E-state index contributed by atoms with van der Waals surface area (Å²) < 4.78 is 18.8. The minimum atomic E-state index is -1.34. The lowest BCUT2D eigenvalue weighted by Crippen LogP contribution is -2.48. The molecule has 0 aliphatic carbocycles. The summed E-state index contributed by atoms with van der Waals surface area (Å²) in [4.78, 5) is 37.2. The van der Waals surface area contributed by atoms with E-state index in [0.717, 1.165) is 0 Å². The first-order valence-electron chi connectivity index (χ1n) is 8.19. The summed E-state index contributed by atoms with van der Waals surface area (Å²) in [7, 11) is 1.52. The van der Waals surface area contributed by atoms with Crippen LogP contribution >= 0.6 is 0 Å². The number of amides is 4.